The van der Waals surface area contributed by atoms with Crippen LogP contribution in [0.1, 0.15) is 18.9 Å². The van der Waals surface area contributed by atoms with E-state index in [1.807, 2.05) is 12.1 Å². The van der Waals surface area contributed by atoms with Crippen LogP contribution in [0.3, 0.4) is 0 Å². The fourth-order valence-corrected chi connectivity index (χ4v) is 0.973. The molecule has 1 rings (SSSR count). The van der Waals surface area contributed by atoms with Gasteiger partial charge in [-0.25, -0.2) is 0 Å². The summed E-state index contributed by atoms with van der Waals surface area (Å²) in [6.07, 6.45) is 2.35. The molecule has 2 N–H and O–H groups in total. The molecule has 0 aliphatic carbocycles. The summed E-state index contributed by atoms with van der Waals surface area (Å²) >= 11 is 0. The van der Waals surface area contributed by atoms with Gasteiger partial charge in [-0.2, -0.15) is 0 Å². The van der Waals surface area contributed by atoms with Crippen molar-refractivity contribution in [3.63, 3.8) is 0 Å². The molecule has 0 aromatic heterocycles. The second kappa shape index (κ2) is 6.89. The first-order valence-electron chi connectivity index (χ1n) is 3.67. The van der Waals surface area contributed by atoms with Crippen LogP contribution in [0.5, 0.6) is 0 Å². The van der Waals surface area contributed by atoms with Crippen molar-refractivity contribution >= 4 is 13.3 Å². The van der Waals surface area contributed by atoms with Gasteiger partial charge in [-0.1, -0.05) is 0 Å². The van der Waals surface area contributed by atoms with E-state index < -0.39 is 0 Å². The minimum Gasteiger partial charge on any atom is -0.870 e. The van der Waals surface area contributed by atoms with Gasteiger partial charge in [0.25, 0.3) is 0 Å². The molecule has 0 saturated carbocycles. The number of hydrogen-bond acceptors (Lipinski definition) is 2. The minimum atomic E-state index is 0. The van der Waals surface area contributed by atoms with E-state index >= 15 is 0 Å². The van der Waals surface area contributed by atoms with Gasteiger partial charge < -0.3 is 11.0 Å². The van der Waals surface area contributed by atoms with Crippen molar-refractivity contribution in [3.05, 3.63) is 29.8 Å². The second-order valence-electron chi connectivity index (χ2n) is 2.49. The topological polar surface area (TPSA) is 60.0 Å². The van der Waals surface area contributed by atoms with Gasteiger partial charge in [0, 0.05) is 0 Å². The summed E-state index contributed by atoms with van der Waals surface area (Å²) in [6, 6.07) is 8.06. The molecule has 0 aliphatic heterocycles. The predicted octanol–water partition coefficient (Wildman–Crippen LogP) is 1.08. The SMILES string of the molecule is [B+2]c1ccc(CCC)cc1.[OH-].[OH-]. The summed E-state index contributed by atoms with van der Waals surface area (Å²) in [6.45, 7) is 2.18. The summed E-state index contributed by atoms with van der Waals surface area (Å²) in [4.78, 5) is 0. The first-order valence-corrected chi connectivity index (χ1v) is 3.67. The van der Waals surface area contributed by atoms with Crippen LogP contribution < -0.4 is 5.46 Å². The normalized spacial score (nSPS) is 8.25. The van der Waals surface area contributed by atoms with E-state index in [2.05, 4.69) is 19.1 Å². The molecule has 0 radical (unpaired) electrons. The Morgan fingerprint density at radius 1 is 1.08 bits per heavy atom. The second-order valence-corrected chi connectivity index (χ2v) is 2.49. The Hall–Kier alpha value is -0.795. The van der Waals surface area contributed by atoms with Crippen molar-refractivity contribution < 1.29 is 11.0 Å². The first kappa shape index (κ1) is 13.8. The van der Waals surface area contributed by atoms with E-state index in [9.17, 15) is 0 Å². The van der Waals surface area contributed by atoms with Crippen LogP contribution in [0.2, 0.25) is 0 Å². The van der Waals surface area contributed by atoms with Crippen molar-refractivity contribution in [2.75, 3.05) is 0 Å². The van der Waals surface area contributed by atoms with Crippen LogP contribution in [-0.4, -0.2) is 18.8 Å². The molecule has 0 spiro atoms. The fourth-order valence-electron chi connectivity index (χ4n) is 0.973. The largest absolute Gasteiger partial charge is 0.870 e. The van der Waals surface area contributed by atoms with Gasteiger partial charge in [-0.3, -0.25) is 0 Å². The molecule has 0 bridgehead atoms. The molecule has 3 heteroatoms. The fraction of sp³-hybridized carbons (Fsp3) is 0.333. The van der Waals surface area contributed by atoms with Crippen LogP contribution in [-0.2, 0) is 6.42 Å². The molecule has 0 amide bonds. The molecule has 0 atom stereocenters. The number of hydrogen-bond donors (Lipinski definition) is 0. The average Bonchev–Trinajstić information content (AvgIpc) is 1.95. The molecule has 0 heterocycles. The van der Waals surface area contributed by atoms with Crippen LogP contribution >= 0.6 is 0 Å². The van der Waals surface area contributed by atoms with Crippen molar-refractivity contribution in [2.24, 2.45) is 0 Å². The zero-order valence-electron chi connectivity index (χ0n) is 7.20. The molecule has 1 aromatic rings. The smallest absolute Gasteiger partial charge is 0.870 e. The first-order chi connectivity index (χ1) is 4.83. The third-order valence-corrected chi connectivity index (χ3v) is 1.52. The zero-order chi connectivity index (χ0) is 7.40. The minimum absolute atomic E-state index is 0. The molecular formula is C9H13BO2. The zero-order valence-corrected chi connectivity index (χ0v) is 7.20. The molecule has 12 heavy (non-hydrogen) atoms. The third-order valence-electron chi connectivity index (χ3n) is 1.52. The molecule has 1 aromatic carbocycles. The maximum Gasteiger partial charge on any atom is -0.870 e. The Morgan fingerprint density at radius 3 is 2.00 bits per heavy atom. The van der Waals surface area contributed by atoms with E-state index in [1.165, 1.54) is 12.0 Å². The van der Waals surface area contributed by atoms with Gasteiger partial charge in [0.2, 0.25) is 0 Å². The summed E-state index contributed by atoms with van der Waals surface area (Å²) < 4.78 is 0. The van der Waals surface area contributed by atoms with E-state index in [1.54, 1.807) is 0 Å². The summed E-state index contributed by atoms with van der Waals surface area (Å²) in [5.74, 6) is 0. The summed E-state index contributed by atoms with van der Waals surface area (Å²) in [7, 11) is 5.52. The Labute approximate surface area is 74.6 Å². The van der Waals surface area contributed by atoms with Gasteiger partial charge in [0.05, 0.1) is 0 Å². The van der Waals surface area contributed by atoms with E-state index in [0.29, 0.717) is 0 Å². The Balaban J connectivity index is 0. The summed E-state index contributed by atoms with van der Waals surface area (Å²) in [5.41, 5.74) is 2.22. The number of aryl methyl sites for hydroxylation is 1. The van der Waals surface area contributed by atoms with Crippen molar-refractivity contribution in [2.45, 2.75) is 19.8 Å². The Bertz CT molecular complexity index is 196. The molecule has 64 valence electrons. The average molecular weight is 164 g/mol. The summed E-state index contributed by atoms with van der Waals surface area (Å²) in [5, 5.41) is 0. The van der Waals surface area contributed by atoms with Gasteiger partial charge in [-0.05, 0) is 0 Å². The van der Waals surface area contributed by atoms with Crippen LogP contribution in [0.4, 0.5) is 0 Å². The maximum absolute atomic E-state index is 5.52. The quantitative estimate of drug-likeness (QED) is 0.614. The van der Waals surface area contributed by atoms with Crippen molar-refractivity contribution in [1.29, 1.82) is 0 Å². The molecule has 0 aliphatic rings. The molecule has 0 fully saturated rings. The van der Waals surface area contributed by atoms with Gasteiger partial charge in [0.15, 0.2) is 0 Å². The van der Waals surface area contributed by atoms with Crippen molar-refractivity contribution in [3.8, 4) is 0 Å². The predicted molar refractivity (Wildman–Crippen MR) is 49.7 cm³/mol. The maximum atomic E-state index is 5.52. The third kappa shape index (κ3) is 4.16. The molecule has 0 unspecified atom stereocenters. The van der Waals surface area contributed by atoms with Gasteiger partial charge in [-0.15, -0.1) is 0 Å². The van der Waals surface area contributed by atoms with Crippen LogP contribution in [0.25, 0.3) is 0 Å². The number of rotatable bonds is 2. The van der Waals surface area contributed by atoms with Crippen LogP contribution in [0.15, 0.2) is 24.3 Å². The monoisotopic (exact) mass is 164 g/mol. The molecule has 0 saturated heterocycles. The van der Waals surface area contributed by atoms with Crippen molar-refractivity contribution in [1.82, 2.24) is 0 Å². The van der Waals surface area contributed by atoms with Gasteiger partial charge in [0.1, 0.15) is 0 Å². The van der Waals surface area contributed by atoms with E-state index in [0.717, 1.165) is 11.9 Å². The van der Waals surface area contributed by atoms with Gasteiger partial charge >= 0.3 is 62.9 Å². The Kier molecular flexibility index (Phi) is 7.90. The van der Waals surface area contributed by atoms with E-state index in [-0.39, 0.29) is 11.0 Å². The Morgan fingerprint density at radius 2 is 1.58 bits per heavy atom. The van der Waals surface area contributed by atoms with Crippen LogP contribution in [0, 0.1) is 0 Å². The standard InChI is InChI=1S/C9H11B.2H2O/c1-2-3-8-4-6-9(10)7-5-8;;/h4-7H,2-3H2,1H3;2*1H2/q+2;;/p-2. The molecular weight excluding hydrogens is 151 g/mol. The molecule has 2 nitrogen and oxygen atoms in total. The van der Waals surface area contributed by atoms with E-state index in [4.69, 9.17) is 7.85 Å². The number of benzene rings is 1.